The average molecular weight is 359 g/mol. The molecule has 4 nitrogen and oxygen atoms in total. The van der Waals surface area contributed by atoms with Crippen molar-refractivity contribution in [2.75, 3.05) is 5.32 Å². The minimum Gasteiger partial charge on any atom is -0.467 e. The zero-order valence-corrected chi connectivity index (χ0v) is 14.0. The van der Waals surface area contributed by atoms with Gasteiger partial charge in [0.05, 0.1) is 17.8 Å². The van der Waals surface area contributed by atoms with E-state index in [1.165, 1.54) is 18.2 Å². The highest BCUT2D eigenvalue weighted by Gasteiger charge is 2.16. The molecule has 128 valence electrons. The van der Waals surface area contributed by atoms with Gasteiger partial charge in [-0.15, -0.1) is 0 Å². The molecule has 2 amide bonds. The zero-order valence-electron chi connectivity index (χ0n) is 13.3. The molecule has 0 saturated carbocycles. The number of hydrogen-bond donors (Lipinski definition) is 1. The number of anilines is 1. The quantitative estimate of drug-likeness (QED) is 0.672. The molecule has 1 N–H and O–H groups in total. The molecule has 1 aromatic heterocycles. The highest BCUT2D eigenvalue weighted by molar-refractivity contribution is 6.31. The predicted octanol–water partition coefficient (Wildman–Crippen LogP) is 5.31. The van der Waals surface area contributed by atoms with E-state index in [0.717, 1.165) is 5.56 Å². The second-order valence-electron chi connectivity index (χ2n) is 5.48. The second-order valence-corrected chi connectivity index (χ2v) is 5.89. The first-order valence-electron chi connectivity index (χ1n) is 7.69. The maximum absolute atomic E-state index is 13.3. The Bertz CT molecular complexity index is 838. The molecule has 0 bridgehead atoms. The van der Waals surface area contributed by atoms with Crippen molar-refractivity contribution in [3.05, 3.63) is 89.1 Å². The van der Waals surface area contributed by atoms with Crippen LogP contribution in [-0.4, -0.2) is 10.9 Å². The summed E-state index contributed by atoms with van der Waals surface area (Å²) < 4.78 is 18.6. The van der Waals surface area contributed by atoms with E-state index in [2.05, 4.69) is 5.32 Å². The molecule has 0 aliphatic rings. The van der Waals surface area contributed by atoms with Crippen molar-refractivity contribution in [2.45, 2.75) is 13.1 Å². The molecule has 0 spiro atoms. The fraction of sp³-hybridized carbons (Fsp3) is 0.105. The van der Waals surface area contributed by atoms with Gasteiger partial charge in [0.2, 0.25) is 0 Å². The highest BCUT2D eigenvalue weighted by Crippen LogP contribution is 2.20. The van der Waals surface area contributed by atoms with Crippen molar-refractivity contribution in [1.82, 2.24) is 4.90 Å². The second kappa shape index (κ2) is 7.85. The number of furan rings is 1. The Morgan fingerprint density at radius 1 is 1.08 bits per heavy atom. The van der Waals surface area contributed by atoms with Gasteiger partial charge in [0.25, 0.3) is 0 Å². The Balaban J connectivity index is 1.77. The molecule has 0 saturated heterocycles. The molecule has 0 unspecified atom stereocenters. The minimum absolute atomic E-state index is 0.0431. The van der Waals surface area contributed by atoms with Crippen LogP contribution in [0.1, 0.15) is 11.3 Å². The van der Waals surface area contributed by atoms with Gasteiger partial charge in [-0.05, 0) is 35.9 Å². The average Bonchev–Trinajstić information content (AvgIpc) is 3.12. The normalized spacial score (nSPS) is 10.5. The van der Waals surface area contributed by atoms with Crippen LogP contribution in [0.5, 0.6) is 0 Å². The molecule has 0 aliphatic heterocycles. The first kappa shape index (κ1) is 17.0. The summed E-state index contributed by atoms with van der Waals surface area (Å²) >= 11 is 5.77. The summed E-state index contributed by atoms with van der Waals surface area (Å²) in [7, 11) is 0. The van der Waals surface area contributed by atoms with E-state index in [1.54, 1.807) is 23.3 Å². The van der Waals surface area contributed by atoms with Crippen LogP contribution in [-0.2, 0) is 13.1 Å². The number of amides is 2. The maximum atomic E-state index is 13.3. The van der Waals surface area contributed by atoms with Crippen LogP contribution in [0.25, 0.3) is 0 Å². The SMILES string of the molecule is O=C(Nc1ccc(F)c(Cl)c1)N(Cc1ccccc1)Cc1ccco1. The van der Waals surface area contributed by atoms with Gasteiger partial charge in [-0.1, -0.05) is 41.9 Å². The summed E-state index contributed by atoms with van der Waals surface area (Å²) in [5.41, 5.74) is 1.41. The van der Waals surface area contributed by atoms with Crippen molar-refractivity contribution in [2.24, 2.45) is 0 Å². The third-order valence-electron chi connectivity index (χ3n) is 3.60. The molecule has 25 heavy (non-hydrogen) atoms. The molecule has 2 aromatic carbocycles. The number of benzene rings is 2. The predicted molar refractivity (Wildman–Crippen MR) is 94.8 cm³/mol. The van der Waals surface area contributed by atoms with Crippen LogP contribution in [0.15, 0.2) is 71.3 Å². The number of hydrogen-bond acceptors (Lipinski definition) is 2. The first-order valence-corrected chi connectivity index (χ1v) is 8.07. The lowest BCUT2D eigenvalue weighted by atomic mass is 10.2. The van der Waals surface area contributed by atoms with Gasteiger partial charge in [0.15, 0.2) is 0 Å². The van der Waals surface area contributed by atoms with Crippen LogP contribution >= 0.6 is 11.6 Å². The molecule has 0 atom stereocenters. The van der Waals surface area contributed by atoms with Crippen LogP contribution < -0.4 is 5.32 Å². The Labute approximate surface area is 149 Å². The van der Waals surface area contributed by atoms with Gasteiger partial charge in [-0.3, -0.25) is 0 Å². The summed E-state index contributed by atoms with van der Waals surface area (Å²) in [6.07, 6.45) is 1.56. The van der Waals surface area contributed by atoms with E-state index in [4.69, 9.17) is 16.0 Å². The summed E-state index contributed by atoms with van der Waals surface area (Å²) in [4.78, 5) is 14.3. The Morgan fingerprint density at radius 2 is 1.88 bits per heavy atom. The lowest BCUT2D eigenvalue weighted by molar-refractivity contribution is 0.201. The van der Waals surface area contributed by atoms with E-state index < -0.39 is 5.82 Å². The van der Waals surface area contributed by atoms with Gasteiger partial charge in [0.1, 0.15) is 11.6 Å². The summed E-state index contributed by atoms with van der Waals surface area (Å²) in [6, 6.07) is 16.9. The van der Waals surface area contributed by atoms with E-state index in [0.29, 0.717) is 24.5 Å². The Kier molecular flexibility index (Phi) is 5.36. The number of halogens is 2. The Morgan fingerprint density at radius 3 is 2.56 bits per heavy atom. The molecule has 1 heterocycles. The van der Waals surface area contributed by atoms with Gasteiger partial charge in [0, 0.05) is 12.2 Å². The van der Waals surface area contributed by atoms with Gasteiger partial charge in [-0.25, -0.2) is 9.18 Å². The van der Waals surface area contributed by atoms with Crippen LogP contribution in [0.3, 0.4) is 0 Å². The fourth-order valence-corrected chi connectivity index (χ4v) is 2.55. The van der Waals surface area contributed by atoms with Crippen LogP contribution in [0.4, 0.5) is 14.9 Å². The molecule has 3 aromatic rings. The molecule has 0 radical (unpaired) electrons. The number of carbonyl (C=O) groups excluding carboxylic acids is 1. The lowest BCUT2D eigenvalue weighted by Crippen LogP contribution is -2.34. The number of carbonyl (C=O) groups is 1. The molecule has 3 rings (SSSR count). The van der Waals surface area contributed by atoms with Gasteiger partial charge >= 0.3 is 6.03 Å². The Hall–Kier alpha value is -2.79. The van der Waals surface area contributed by atoms with Crippen molar-refractivity contribution in [3.8, 4) is 0 Å². The zero-order chi connectivity index (χ0) is 17.6. The van der Waals surface area contributed by atoms with Crippen molar-refractivity contribution in [1.29, 1.82) is 0 Å². The molecule has 0 fully saturated rings. The van der Waals surface area contributed by atoms with E-state index >= 15 is 0 Å². The molecule has 6 heteroatoms. The van der Waals surface area contributed by atoms with E-state index in [1.807, 2.05) is 30.3 Å². The summed E-state index contributed by atoms with van der Waals surface area (Å²) in [5.74, 6) is 0.139. The van der Waals surface area contributed by atoms with Crippen LogP contribution in [0.2, 0.25) is 5.02 Å². The fourth-order valence-electron chi connectivity index (χ4n) is 2.37. The number of urea groups is 1. The molecular weight excluding hydrogens is 343 g/mol. The van der Waals surface area contributed by atoms with Gasteiger partial charge < -0.3 is 14.6 Å². The number of nitrogens with one attached hydrogen (secondary N) is 1. The highest BCUT2D eigenvalue weighted by atomic mass is 35.5. The third-order valence-corrected chi connectivity index (χ3v) is 3.89. The maximum Gasteiger partial charge on any atom is 0.322 e. The summed E-state index contributed by atoms with van der Waals surface area (Å²) in [5, 5.41) is 2.69. The van der Waals surface area contributed by atoms with Crippen molar-refractivity contribution < 1.29 is 13.6 Å². The smallest absolute Gasteiger partial charge is 0.322 e. The van der Waals surface area contributed by atoms with E-state index in [-0.39, 0.29) is 11.1 Å². The standard InChI is InChI=1S/C19H16ClFN2O2/c20-17-11-15(8-9-18(17)21)22-19(24)23(13-16-7-4-10-25-16)12-14-5-2-1-3-6-14/h1-11H,12-13H2,(H,22,24). The van der Waals surface area contributed by atoms with Crippen molar-refractivity contribution >= 4 is 23.3 Å². The largest absolute Gasteiger partial charge is 0.467 e. The first-order chi connectivity index (χ1) is 12.1. The van der Waals surface area contributed by atoms with Gasteiger partial charge in [-0.2, -0.15) is 0 Å². The minimum atomic E-state index is -0.531. The van der Waals surface area contributed by atoms with Crippen LogP contribution in [0, 0.1) is 5.82 Å². The topological polar surface area (TPSA) is 45.5 Å². The monoisotopic (exact) mass is 358 g/mol. The number of rotatable bonds is 5. The number of nitrogens with zero attached hydrogens (tertiary/aromatic N) is 1. The third kappa shape index (κ3) is 4.61. The summed E-state index contributed by atoms with van der Waals surface area (Å²) in [6.45, 7) is 0.713. The van der Waals surface area contributed by atoms with E-state index in [9.17, 15) is 9.18 Å². The van der Waals surface area contributed by atoms with Crippen molar-refractivity contribution in [3.63, 3.8) is 0 Å². The lowest BCUT2D eigenvalue weighted by Gasteiger charge is -2.22. The molecule has 0 aliphatic carbocycles. The molecular formula is C19H16ClFN2O2.